The molecule has 19 heavy (non-hydrogen) atoms. The number of rotatable bonds is 5. The quantitative estimate of drug-likeness (QED) is 0.775. The summed E-state index contributed by atoms with van der Waals surface area (Å²) in [5.41, 5.74) is 0.204. The molecule has 0 unspecified atom stereocenters. The number of hydrogen-bond acceptors (Lipinski definition) is 2. The lowest BCUT2D eigenvalue weighted by atomic mass is 9.90. The maximum absolute atomic E-state index is 13.3. The van der Waals surface area contributed by atoms with Gasteiger partial charge in [0.25, 0.3) is 0 Å². The molecule has 0 aliphatic heterocycles. The van der Waals surface area contributed by atoms with Crippen molar-refractivity contribution in [3.05, 3.63) is 28.5 Å². The first-order chi connectivity index (χ1) is 8.84. The van der Waals surface area contributed by atoms with Crippen LogP contribution >= 0.6 is 15.9 Å². The predicted octanol–water partition coefficient (Wildman–Crippen LogP) is 3.12. The van der Waals surface area contributed by atoms with Crippen LogP contribution in [0.2, 0.25) is 0 Å². The van der Waals surface area contributed by atoms with Crippen LogP contribution < -0.4 is 10.6 Å². The van der Waals surface area contributed by atoms with E-state index in [4.69, 9.17) is 5.11 Å². The van der Waals surface area contributed by atoms with Gasteiger partial charge in [0.1, 0.15) is 5.82 Å². The van der Waals surface area contributed by atoms with Gasteiger partial charge in [0, 0.05) is 18.8 Å². The van der Waals surface area contributed by atoms with E-state index in [9.17, 15) is 9.18 Å². The standard InChI is InChI=1S/C13H18BrFN2O2/c1-13(2,5-6-18)8-16-12(19)17-9-3-4-10(14)11(15)7-9/h3-4,7,18H,5-6,8H2,1-2H3,(H2,16,17,19). The number of benzene rings is 1. The molecule has 4 nitrogen and oxygen atoms in total. The number of urea groups is 1. The number of hydrogen-bond donors (Lipinski definition) is 3. The van der Waals surface area contributed by atoms with Crippen molar-refractivity contribution < 1.29 is 14.3 Å². The molecule has 1 rings (SSSR count). The first-order valence-electron chi connectivity index (χ1n) is 5.95. The summed E-state index contributed by atoms with van der Waals surface area (Å²) in [6.45, 7) is 4.40. The zero-order chi connectivity index (χ0) is 14.5. The van der Waals surface area contributed by atoms with Crippen LogP contribution in [-0.4, -0.2) is 24.3 Å². The molecule has 3 N–H and O–H groups in total. The van der Waals surface area contributed by atoms with E-state index in [1.54, 1.807) is 6.07 Å². The van der Waals surface area contributed by atoms with E-state index >= 15 is 0 Å². The smallest absolute Gasteiger partial charge is 0.319 e. The first kappa shape index (κ1) is 15.9. The molecule has 0 saturated carbocycles. The van der Waals surface area contributed by atoms with E-state index < -0.39 is 11.8 Å². The second-order valence-corrected chi connectivity index (χ2v) is 5.93. The highest BCUT2D eigenvalue weighted by Crippen LogP contribution is 2.20. The molecule has 6 heteroatoms. The zero-order valence-electron chi connectivity index (χ0n) is 11.0. The molecule has 0 aliphatic carbocycles. The van der Waals surface area contributed by atoms with Gasteiger partial charge in [0.2, 0.25) is 0 Å². The molecule has 0 aromatic heterocycles. The molecule has 0 radical (unpaired) electrons. The van der Waals surface area contributed by atoms with E-state index in [-0.39, 0.29) is 12.0 Å². The Hall–Kier alpha value is -1.14. The van der Waals surface area contributed by atoms with Gasteiger partial charge in [-0.25, -0.2) is 9.18 Å². The SMILES string of the molecule is CC(C)(CCO)CNC(=O)Nc1ccc(Br)c(F)c1. The minimum atomic E-state index is -0.432. The summed E-state index contributed by atoms with van der Waals surface area (Å²) in [5.74, 6) is -0.432. The van der Waals surface area contributed by atoms with Crippen LogP contribution in [0, 0.1) is 11.2 Å². The summed E-state index contributed by atoms with van der Waals surface area (Å²) >= 11 is 3.04. The van der Waals surface area contributed by atoms with Gasteiger partial charge < -0.3 is 15.7 Å². The summed E-state index contributed by atoms with van der Waals surface area (Å²) in [6, 6.07) is 3.97. The summed E-state index contributed by atoms with van der Waals surface area (Å²) < 4.78 is 13.6. The van der Waals surface area contributed by atoms with Gasteiger partial charge in [-0.1, -0.05) is 13.8 Å². The Labute approximate surface area is 120 Å². The Bertz CT molecular complexity index is 452. The van der Waals surface area contributed by atoms with Crippen LogP contribution in [0.15, 0.2) is 22.7 Å². The van der Waals surface area contributed by atoms with Gasteiger partial charge in [-0.2, -0.15) is 0 Å². The minimum absolute atomic E-state index is 0.0776. The van der Waals surface area contributed by atoms with Crippen LogP contribution in [0.3, 0.4) is 0 Å². The highest BCUT2D eigenvalue weighted by atomic mass is 79.9. The summed E-state index contributed by atoms with van der Waals surface area (Å²) in [5, 5.41) is 14.1. The van der Waals surface area contributed by atoms with Crippen molar-refractivity contribution in [1.82, 2.24) is 5.32 Å². The number of carbonyl (C=O) groups is 1. The van der Waals surface area contributed by atoms with E-state index in [2.05, 4.69) is 26.6 Å². The lowest BCUT2D eigenvalue weighted by molar-refractivity contribution is 0.204. The molecule has 1 aromatic rings. The first-order valence-corrected chi connectivity index (χ1v) is 6.74. The van der Waals surface area contributed by atoms with Gasteiger partial charge in [-0.15, -0.1) is 0 Å². The molecular formula is C13H18BrFN2O2. The van der Waals surface area contributed by atoms with Gasteiger partial charge in [-0.05, 0) is 46.0 Å². The lowest BCUT2D eigenvalue weighted by Gasteiger charge is -2.23. The molecule has 0 bridgehead atoms. The lowest BCUT2D eigenvalue weighted by Crippen LogP contribution is -2.37. The molecule has 0 spiro atoms. The maximum atomic E-state index is 13.3. The van der Waals surface area contributed by atoms with Gasteiger partial charge >= 0.3 is 6.03 Å². The minimum Gasteiger partial charge on any atom is -0.396 e. The molecule has 0 saturated heterocycles. The monoisotopic (exact) mass is 332 g/mol. The fourth-order valence-electron chi connectivity index (χ4n) is 1.46. The molecular weight excluding hydrogens is 315 g/mol. The third kappa shape index (κ3) is 5.57. The summed E-state index contributed by atoms with van der Waals surface area (Å²) in [6.07, 6.45) is 0.597. The molecule has 106 valence electrons. The third-order valence-corrected chi connectivity index (χ3v) is 3.34. The average Bonchev–Trinajstić information content (AvgIpc) is 2.32. The topological polar surface area (TPSA) is 61.4 Å². The predicted molar refractivity (Wildman–Crippen MR) is 76.6 cm³/mol. The maximum Gasteiger partial charge on any atom is 0.319 e. The van der Waals surface area contributed by atoms with Gasteiger partial charge in [-0.3, -0.25) is 0 Å². The Morgan fingerprint density at radius 1 is 1.47 bits per heavy atom. The second kappa shape index (κ2) is 6.86. The Kier molecular flexibility index (Phi) is 5.75. The summed E-state index contributed by atoms with van der Waals surface area (Å²) in [4.78, 5) is 11.6. The molecule has 0 heterocycles. The van der Waals surface area contributed by atoms with E-state index in [0.717, 1.165) is 0 Å². The van der Waals surface area contributed by atoms with Crippen molar-refractivity contribution in [3.8, 4) is 0 Å². The largest absolute Gasteiger partial charge is 0.396 e. The van der Waals surface area contributed by atoms with E-state index in [1.165, 1.54) is 12.1 Å². The average molecular weight is 333 g/mol. The zero-order valence-corrected chi connectivity index (χ0v) is 12.6. The van der Waals surface area contributed by atoms with Crippen LogP contribution in [0.5, 0.6) is 0 Å². The van der Waals surface area contributed by atoms with E-state index in [1.807, 2.05) is 13.8 Å². The Morgan fingerprint density at radius 2 is 2.16 bits per heavy atom. The number of halogens is 2. The van der Waals surface area contributed by atoms with Crippen molar-refractivity contribution in [1.29, 1.82) is 0 Å². The molecule has 1 aromatic carbocycles. The van der Waals surface area contributed by atoms with Crippen LogP contribution in [-0.2, 0) is 0 Å². The van der Waals surface area contributed by atoms with Gasteiger partial charge in [0.15, 0.2) is 0 Å². The second-order valence-electron chi connectivity index (χ2n) is 5.07. The van der Waals surface area contributed by atoms with E-state index in [0.29, 0.717) is 23.1 Å². The fourth-order valence-corrected chi connectivity index (χ4v) is 1.71. The van der Waals surface area contributed by atoms with Crippen molar-refractivity contribution in [2.45, 2.75) is 20.3 Å². The Morgan fingerprint density at radius 3 is 2.74 bits per heavy atom. The number of carbonyl (C=O) groups excluding carboxylic acids is 1. The van der Waals surface area contributed by atoms with Gasteiger partial charge in [0.05, 0.1) is 4.47 Å². The van der Waals surface area contributed by atoms with Crippen molar-refractivity contribution in [2.24, 2.45) is 5.41 Å². The number of aliphatic hydroxyl groups excluding tert-OH is 1. The number of aliphatic hydroxyl groups is 1. The Balaban J connectivity index is 2.49. The van der Waals surface area contributed by atoms with Crippen molar-refractivity contribution in [2.75, 3.05) is 18.5 Å². The molecule has 0 fully saturated rings. The third-order valence-electron chi connectivity index (χ3n) is 2.69. The molecule has 0 aliphatic rings. The van der Waals surface area contributed by atoms with Crippen LogP contribution in [0.1, 0.15) is 20.3 Å². The number of amides is 2. The highest BCUT2D eigenvalue weighted by Gasteiger charge is 2.18. The molecule has 0 atom stereocenters. The van der Waals surface area contributed by atoms with Crippen molar-refractivity contribution in [3.63, 3.8) is 0 Å². The number of anilines is 1. The summed E-state index contributed by atoms with van der Waals surface area (Å²) in [7, 11) is 0. The van der Waals surface area contributed by atoms with Crippen LogP contribution in [0.25, 0.3) is 0 Å². The number of nitrogens with one attached hydrogen (secondary N) is 2. The van der Waals surface area contributed by atoms with Crippen LogP contribution in [0.4, 0.5) is 14.9 Å². The normalized spacial score (nSPS) is 11.2. The molecule has 2 amide bonds. The van der Waals surface area contributed by atoms with Crippen molar-refractivity contribution >= 4 is 27.6 Å². The fraction of sp³-hybridized carbons (Fsp3) is 0.462. The highest BCUT2D eigenvalue weighted by molar-refractivity contribution is 9.10.